The standard InChI is InChI=1S/C22H37N3O3/c1-16-12-17(2)15-25(14-16)11-7-6-10-23-22(26)24-18(3)20-9-8-19(27-4)13-21(20)28-5/h8-9,13,16-18H,6-7,10-12,14-15H2,1-5H3,(H2,23,24,26)/t16-,17-,18+/m1/s1. The summed E-state index contributed by atoms with van der Waals surface area (Å²) in [5.74, 6) is 3.03. The molecule has 1 saturated heterocycles. The molecule has 1 aromatic carbocycles. The van der Waals surface area contributed by atoms with Gasteiger partial charge in [0.25, 0.3) is 0 Å². The largest absolute Gasteiger partial charge is 0.497 e. The SMILES string of the molecule is COc1ccc([C@H](C)NC(=O)NCCCCN2C[C@H](C)C[C@@H](C)C2)c(OC)c1. The normalized spacial score (nSPS) is 21.0. The van der Waals surface area contributed by atoms with Gasteiger partial charge < -0.3 is 25.0 Å². The van der Waals surface area contributed by atoms with Gasteiger partial charge in [0.2, 0.25) is 0 Å². The van der Waals surface area contributed by atoms with Crippen molar-refractivity contribution in [2.75, 3.05) is 40.4 Å². The van der Waals surface area contributed by atoms with E-state index in [4.69, 9.17) is 9.47 Å². The van der Waals surface area contributed by atoms with Crippen LogP contribution in [0.15, 0.2) is 18.2 Å². The van der Waals surface area contributed by atoms with Crippen LogP contribution in [0.25, 0.3) is 0 Å². The Kier molecular flexibility index (Phi) is 8.90. The predicted molar refractivity (Wildman–Crippen MR) is 113 cm³/mol. The third-order valence-electron chi connectivity index (χ3n) is 5.39. The monoisotopic (exact) mass is 391 g/mol. The van der Waals surface area contributed by atoms with Gasteiger partial charge in [-0.15, -0.1) is 0 Å². The smallest absolute Gasteiger partial charge is 0.315 e. The molecule has 1 aliphatic rings. The minimum Gasteiger partial charge on any atom is -0.497 e. The molecular formula is C22H37N3O3. The van der Waals surface area contributed by atoms with Gasteiger partial charge in [0.1, 0.15) is 11.5 Å². The van der Waals surface area contributed by atoms with Gasteiger partial charge in [0.15, 0.2) is 0 Å². The average Bonchev–Trinajstić information content (AvgIpc) is 2.66. The molecule has 1 aliphatic heterocycles. The van der Waals surface area contributed by atoms with E-state index in [2.05, 4.69) is 29.4 Å². The summed E-state index contributed by atoms with van der Waals surface area (Å²) >= 11 is 0. The molecule has 6 heteroatoms. The number of hydrogen-bond donors (Lipinski definition) is 2. The van der Waals surface area contributed by atoms with Crippen molar-refractivity contribution in [1.82, 2.24) is 15.5 Å². The number of piperidine rings is 1. The van der Waals surface area contributed by atoms with Gasteiger partial charge in [-0.1, -0.05) is 13.8 Å². The van der Waals surface area contributed by atoms with E-state index < -0.39 is 0 Å². The van der Waals surface area contributed by atoms with Crippen molar-refractivity contribution in [3.05, 3.63) is 23.8 Å². The van der Waals surface area contributed by atoms with E-state index in [0.717, 1.165) is 42.5 Å². The minimum atomic E-state index is -0.155. The Balaban J connectivity index is 1.68. The van der Waals surface area contributed by atoms with Gasteiger partial charge in [-0.05, 0) is 56.7 Å². The molecule has 0 bridgehead atoms. The van der Waals surface area contributed by atoms with Crippen LogP contribution in [-0.2, 0) is 0 Å². The quantitative estimate of drug-likeness (QED) is 0.628. The molecule has 0 saturated carbocycles. The molecule has 1 heterocycles. The first kappa shape index (κ1) is 22.3. The lowest BCUT2D eigenvalue weighted by Gasteiger charge is -2.34. The summed E-state index contributed by atoms with van der Waals surface area (Å²) in [6, 6.07) is 5.32. The number of urea groups is 1. The third kappa shape index (κ3) is 6.89. The number of nitrogens with one attached hydrogen (secondary N) is 2. The Morgan fingerprint density at radius 1 is 1.18 bits per heavy atom. The Bertz CT molecular complexity index is 613. The zero-order valence-corrected chi connectivity index (χ0v) is 18.1. The lowest BCUT2D eigenvalue weighted by molar-refractivity contribution is 0.139. The summed E-state index contributed by atoms with van der Waals surface area (Å²) in [5, 5.41) is 5.94. The van der Waals surface area contributed by atoms with Crippen molar-refractivity contribution < 1.29 is 14.3 Å². The van der Waals surface area contributed by atoms with Crippen molar-refractivity contribution in [3.63, 3.8) is 0 Å². The molecule has 0 aromatic heterocycles. The predicted octanol–water partition coefficient (Wildman–Crippen LogP) is 3.82. The molecular weight excluding hydrogens is 354 g/mol. The molecule has 0 spiro atoms. The highest BCUT2D eigenvalue weighted by molar-refractivity contribution is 5.74. The number of methoxy groups -OCH3 is 2. The Hall–Kier alpha value is -1.95. The number of rotatable bonds is 9. The summed E-state index contributed by atoms with van der Waals surface area (Å²) in [7, 11) is 3.24. The van der Waals surface area contributed by atoms with Gasteiger partial charge >= 0.3 is 6.03 Å². The lowest BCUT2D eigenvalue weighted by Crippen LogP contribution is -2.40. The molecule has 3 atom stereocenters. The van der Waals surface area contributed by atoms with Crippen LogP contribution < -0.4 is 20.1 Å². The molecule has 158 valence electrons. The fraction of sp³-hybridized carbons (Fsp3) is 0.682. The second-order valence-corrected chi connectivity index (χ2v) is 8.14. The number of ether oxygens (including phenoxy) is 2. The van der Waals surface area contributed by atoms with E-state index in [-0.39, 0.29) is 12.1 Å². The second kappa shape index (κ2) is 11.1. The number of benzene rings is 1. The maximum atomic E-state index is 12.2. The zero-order chi connectivity index (χ0) is 20.5. The molecule has 2 N–H and O–H groups in total. The van der Waals surface area contributed by atoms with Crippen LogP contribution in [0.2, 0.25) is 0 Å². The van der Waals surface area contributed by atoms with Gasteiger partial charge in [-0.3, -0.25) is 0 Å². The van der Waals surface area contributed by atoms with E-state index in [0.29, 0.717) is 12.3 Å². The highest BCUT2D eigenvalue weighted by Crippen LogP contribution is 2.29. The first-order valence-electron chi connectivity index (χ1n) is 10.4. The number of carbonyl (C=O) groups excluding carboxylic acids is 1. The number of carbonyl (C=O) groups is 1. The number of amides is 2. The van der Waals surface area contributed by atoms with Crippen molar-refractivity contribution in [3.8, 4) is 11.5 Å². The molecule has 2 rings (SSSR count). The van der Waals surface area contributed by atoms with Crippen LogP contribution in [0.4, 0.5) is 4.79 Å². The Labute approximate surface area is 170 Å². The average molecular weight is 392 g/mol. The van der Waals surface area contributed by atoms with E-state index in [9.17, 15) is 4.79 Å². The van der Waals surface area contributed by atoms with Crippen LogP contribution >= 0.6 is 0 Å². The summed E-state index contributed by atoms with van der Waals surface area (Å²) in [6.07, 6.45) is 3.45. The maximum absolute atomic E-state index is 12.2. The van der Waals surface area contributed by atoms with Crippen LogP contribution in [0, 0.1) is 11.8 Å². The van der Waals surface area contributed by atoms with E-state index in [1.165, 1.54) is 19.5 Å². The topological polar surface area (TPSA) is 62.8 Å². The molecule has 28 heavy (non-hydrogen) atoms. The van der Waals surface area contributed by atoms with Crippen LogP contribution in [0.1, 0.15) is 51.6 Å². The summed E-state index contributed by atoms with van der Waals surface area (Å²) in [5.41, 5.74) is 0.923. The summed E-state index contributed by atoms with van der Waals surface area (Å²) in [4.78, 5) is 14.8. The number of likely N-dealkylation sites (tertiary alicyclic amines) is 1. The van der Waals surface area contributed by atoms with Gasteiger partial charge in [0, 0.05) is 31.3 Å². The van der Waals surface area contributed by atoms with Crippen LogP contribution in [0.3, 0.4) is 0 Å². The van der Waals surface area contributed by atoms with Crippen LogP contribution in [-0.4, -0.2) is 51.3 Å². The highest BCUT2D eigenvalue weighted by Gasteiger charge is 2.21. The molecule has 6 nitrogen and oxygen atoms in total. The van der Waals surface area contributed by atoms with Crippen molar-refractivity contribution in [1.29, 1.82) is 0 Å². The van der Waals surface area contributed by atoms with Gasteiger partial charge in [-0.2, -0.15) is 0 Å². The molecule has 2 amide bonds. The van der Waals surface area contributed by atoms with E-state index in [1.54, 1.807) is 14.2 Å². The second-order valence-electron chi connectivity index (χ2n) is 8.14. The molecule has 0 aliphatic carbocycles. The minimum absolute atomic E-state index is 0.148. The Morgan fingerprint density at radius 3 is 2.54 bits per heavy atom. The summed E-state index contributed by atoms with van der Waals surface area (Å²) in [6.45, 7) is 10.9. The van der Waals surface area contributed by atoms with Crippen LogP contribution in [0.5, 0.6) is 11.5 Å². The molecule has 0 radical (unpaired) electrons. The molecule has 1 fully saturated rings. The first-order chi connectivity index (χ1) is 13.4. The summed E-state index contributed by atoms with van der Waals surface area (Å²) < 4.78 is 10.6. The number of unbranched alkanes of at least 4 members (excludes halogenated alkanes) is 1. The fourth-order valence-corrected chi connectivity index (χ4v) is 4.14. The molecule has 0 unspecified atom stereocenters. The van der Waals surface area contributed by atoms with Crippen molar-refractivity contribution in [2.45, 2.75) is 46.1 Å². The fourth-order valence-electron chi connectivity index (χ4n) is 4.14. The number of nitrogens with zero attached hydrogens (tertiary/aromatic N) is 1. The maximum Gasteiger partial charge on any atom is 0.315 e. The highest BCUT2D eigenvalue weighted by atomic mass is 16.5. The number of hydrogen-bond acceptors (Lipinski definition) is 4. The molecule has 1 aromatic rings. The Morgan fingerprint density at radius 2 is 1.89 bits per heavy atom. The van der Waals surface area contributed by atoms with E-state index >= 15 is 0 Å². The third-order valence-corrected chi connectivity index (χ3v) is 5.39. The van der Waals surface area contributed by atoms with Gasteiger partial charge in [-0.25, -0.2) is 4.79 Å². The lowest BCUT2D eigenvalue weighted by atomic mass is 9.92. The van der Waals surface area contributed by atoms with E-state index in [1.807, 2.05) is 25.1 Å². The first-order valence-corrected chi connectivity index (χ1v) is 10.4. The zero-order valence-electron chi connectivity index (χ0n) is 18.1. The van der Waals surface area contributed by atoms with Crippen molar-refractivity contribution >= 4 is 6.03 Å². The van der Waals surface area contributed by atoms with Crippen molar-refractivity contribution in [2.24, 2.45) is 11.8 Å². The van der Waals surface area contributed by atoms with Gasteiger partial charge in [0.05, 0.1) is 20.3 Å².